The average molecular weight is 417 g/mol. The van der Waals surface area contributed by atoms with Crippen LogP contribution in [0.1, 0.15) is 23.2 Å². The highest BCUT2D eigenvalue weighted by Gasteiger charge is 2.19. The Balaban J connectivity index is 0.00000169. The van der Waals surface area contributed by atoms with E-state index in [0.717, 1.165) is 48.1 Å². The minimum Gasteiger partial charge on any atom is -0.325 e. The molecule has 0 unspecified atom stereocenters. The largest absolute Gasteiger partial charge is 0.325 e. The molecule has 1 aliphatic heterocycles. The predicted molar refractivity (Wildman–Crippen MR) is 113 cm³/mol. The van der Waals surface area contributed by atoms with Gasteiger partial charge in [-0.3, -0.25) is 9.69 Å². The zero-order valence-corrected chi connectivity index (χ0v) is 17.5. The van der Waals surface area contributed by atoms with E-state index >= 15 is 0 Å². The van der Waals surface area contributed by atoms with Gasteiger partial charge in [0.15, 0.2) is 0 Å². The van der Waals surface area contributed by atoms with E-state index in [2.05, 4.69) is 32.8 Å². The van der Waals surface area contributed by atoms with Crippen LogP contribution in [0.4, 0.5) is 5.69 Å². The number of hydrogen-bond acceptors (Lipinski definition) is 5. The number of amides is 1. The van der Waals surface area contributed by atoms with Crippen LogP contribution >= 0.6 is 36.2 Å². The maximum absolute atomic E-state index is 12.2. The van der Waals surface area contributed by atoms with E-state index < -0.39 is 0 Å². The summed E-state index contributed by atoms with van der Waals surface area (Å²) in [4.78, 5) is 19.3. The number of aryl methyl sites for hydroxylation is 1. The number of carbonyl (C=O) groups excluding carboxylic acids is 1. The molecule has 2 aromatic rings. The van der Waals surface area contributed by atoms with Crippen molar-refractivity contribution in [2.45, 2.75) is 32.9 Å². The molecule has 1 saturated heterocycles. The van der Waals surface area contributed by atoms with Crippen molar-refractivity contribution in [3.63, 3.8) is 0 Å². The molecule has 1 aromatic carbocycles. The molecule has 1 fully saturated rings. The molecule has 26 heavy (non-hydrogen) atoms. The molecule has 2 heterocycles. The molecule has 1 aromatic heterocycles. The summed E-state index contributed by atoms with van der Waals surface area (Å²) in [6, 6.07) is 8.33. The number of nitrogens with one attached hydrogen (secondary N) is 2. The Morgan fingerprint density at radius 1 is 1.38 bits per heavy atom. The third-order valence-electron chi connectivity index (χ3n) is 4.33. The first-order valence-corrected chi connectivity index (χ1v) is 9.23. The van der Waals surface area contributed by atoms with Gasteiger partial charge >= 0.3 is 0 Å². The molecular formula is C18H26Cl2N4OS. The molecule has 0 aliphatic carbocycles. The van der Waals surface area contributed by atoms with Crippen LogP contribution in [0.5, 0.6) is 0 Å². The van der Waals surface area contributed by atoms with Gasteiger partial charge in [0.1, 0.15) is 5.01 Å². The maximum Gasteiger partial charge on any atom is 0.231 e. The van der Waals surface area contributed by atoms with Gasteiger partial charge in [0.2, 0.25) is 5.91 Å². The number of nitrogens with zero attached hydrogens (tertiary/aromatic N) is 2. The van der Waals surface area contributed by atoms with Crippen LogP contribution in [0.3, 0.4) is 0 Å². The zero-order chi connectivity index (χ0) is 16.9. The Morgan fingerprint density at radius 3 is 2.88 bits per heavy atom. The van der Waals surface area contributed by atoms with E-state index in [0.29, 0.717) is 12.5 Å². The third-order valence-corrected chi connectivity index (χ3v) is 5.23. The molecule has 3 rings (SSSR count). The first-order chi connectivity index (χ1) is 11.6. The van der Waals surface area contributed by atoms with Crippen LogP contribution in [-0.4, -0.2) is 41.5 Å². The summed E-state index contributed by atoms with van der Waals surface area (Å²) in [5, 5.41) is 9.31. The van der Waals surface area contributed by atoms with Crippen molar-refractivity contribution in [3.05, 3.63) is 45.9 Å². The lowest BCUT2D eigenvalue weighted by Crippen LogP contribution is -2.49. The molecule has 144 valence electrons. The standard InChI is InChI=1S/C18H24N4OS.2ClH/c1-13-5-3-4-6-16(13)21-17(23)9-18-20-15(12-24-18)11-22-8-7-19-10-14(22)2;;/h3-6,12,14,19H,7-11H2,1-2H3,(H,21,23);2*1H/t14-;;/m1../s1. The second-order valence-corrected chi connectivity index (χ2v) is 7.24. The van der Waals surface area contributed by atoms with Crippen molar-refractivity contribution < 1.29 is 4.79 Å². The first-order valence-electron chi connectivity index (χ1n) is 8.35. The number of halogens is 2. The fourth-order valence-corrected chi connectivity index (χ4v) is 3.66. The third kappa shape index (κ3) is 6.21. The quantitative estimate of drug-likeness (QED) is 0.784. The second kappa shape index (κ2) is 10.8. The van der Waals surface area contributed by atoms with E-state index in [1.54, 1.807) is 11.3 Å². The molecule has 1 amide bonds. The van der Waals surface area contributed by atoms with Gasteiger partial charge in [-0.25, -0.2) is 4.98 Å². The molecule has 1 aliphatic rings. The van der Waals surface area contributed by atoms with Gasteiger partial charge in [0.25, 0.3) is 0 Å². The van der Waals surface area contributed by atoms with Gasteiger partial charge in [-0.2, -0.15) is 0 Å². The first kappa shape index (κ1) is 22.9. The number of aromatic nitrogens is 1. The summed E-state index contributed by atoms with van der Waals surface area (Å²) in [7, 11) is 0. The molecular weight excluding hydrogens is 391 g/mol. The summed E-state index contributed by atoms with van der Waals surface area (Å²) in [6.07, 6.45) is 0.329. The van der Waals surface area contributed by atoms with E-state index in [-0.39, 0.29) is 30.7 Å². The number of piperazine rings is 1. The Bertz CT molecular complexity index is 710. The second-order valence-electron chi connectivity index (χ2n) is 6.30. The van der Waals surface area contributed by atoms with Crippen LogP contribution in [0.25, 0.3) is 0 Å². The fraction of sp³-hybridized carbons (Fsp3) is 0.444. The molecule has 0 spiro atoms. The molecule has 0 bridgehead atoms. The lowest BCUT2D eigenvalue weighted by Gasteiger charge is -2.33. The van der Waals surface area contributed by atoms with Crippen molar-refractivity contribution >= 4 is 47.7 Å². The van der Waals surface area contributed by atoms with Gasteiger partial charge in [-0.05, 0) is 25.5 Å². The van der Waals surface area contributed by atoms with Crippen LogP contribution in [-0.2, 0) is 17.8 Å². The average Bonchev–Trinajstić information content (AvgIpc) is 2.99. The Labute approximate surface area is 171 Å². The molecule has 8 heteroatoms. The van der Waals surface area contributed by atoms with Crippen molar-refractivity contribution in [3.8, 4) is 0 Å². The summed E-state index contributed by atoms with van der Waals surface area (Å²) < 4.78 is 0. The topological polar surface area (TPSA) is 57.3 Å². The molecule has 0 radical (unpaired) electrons. The SMILES string of the molecule is Cc1ccccc1NC(=O)Cc1nc(CN2CCNC[C@H]2C)cs1.Cl.Cl. The number of thiazole rings is 1. The summed E-state index contributed by atoms with van der Waals surface area (Å²) >= 11 is 1.57. The van der Waals surface area contributed by atoms with Crippen LogP contribution < -0.4 is 10.6 Å². The zero-order valence-electron chi connectivity index (χ0n) is 15.0. The number of carbonyl (C=O) groups is 1. The molecule has 1 atom stereocenters. The highest BCUT2D eigenvalue weighted by Crippen LogP contribution is 2.17. The summed E-state index contributed by atoms with van der Waals surface area (Å²) in [6.45, 7) is 8.18. The number of rotatable bonds is 5. The Hall–Kier alpha value is -1.18. The number of hydrogen-bond donors (Lipinski definition) is 2. The normalized spacial score (nSPS) is 17.1. The number of benzene rings is 1. The monoisotopic (exact) mass is 416 g/mol. The van der Waals surface area contributed by atoms with Crippen molar-refractivity contribution in [2.75, 3.05) is 25.0 Å². The van der Waals surface area contributed by atoms with E-state index in [1.165, 1.54) is 0 Å². The smallest absolute Gasteiger partial charge is 0.231 e. The van der Waals surface area contributed by atoms with Gasteiger partial charge in [0.05, 0.1) is 12.1 Å². The van der Waals surface area contributed by atoms with Crippen molar-refractivity contribution in [1.29, 1.82) is 0 Å². The van der Waals surface area contributed by atoms with Gasteiger partial charge < -0.3 is 10.6 Å². The summed E-state index contributed by atoms with van der Waals surface area (Å²) in [5.41, 5.74) is 3.00. The lowest BCUT2D eigenvalue weighted by atomic mass is 10.2. The number of para-hydroxylation sites is 1. The van der Waals surface area contributed by atoms with E-state index in [9.17, 15) is 4.79 Å². The van der Waals surface area contributed by atoms with Crippen LogP contribution in [0.15, 0.2) is 29.6 Å². The van der Waals surface area contributed by atoms with Crippen molar-refractivity contribution in [1.82, 2.24) is 15.2 Å². The molecule has 0 saturated carbocycles. The molecule has 2 N–H and O–H groups in total. The van der Waals surface area contributed by atoms with Crippen LogP contribution in [0, 0.1) is 6.92 Å². The van der Waals surface area contributed by atoms with Gasteiger partial charge in [-0.15, -0.1) is 36.2 Å². The highest BCUT2D eigenvalue weighted by molar-refractivity contribution is 7.09. The van der Waals surface area contributed by atoms with E-state index in [1.807, 2.05) is 31.2 Å². The minimum absolute atomic E-state index is 0. The molecule has 5 nitrogen and oxygen atoms in total. The number of anilines is 1. The Morgan fingerprint density at radius 2 is 2.15 bits per heavy atom. The van der Waals surface area contributed by atoms with Crippen LogP contribution in [0.2, 0.25) is 0 Å². The fourth-order valence-electron chi connectivity index (χ4n) is 2.87. The van der Waals surface area contributed by atoms with Gasteiger partial charge in [0, 0.05) is 43.3 Å². The van der Waals surface area contributed by atoms with Crippen molar-refractivity contribution in [2.24, 2.45) is 0 Å². The highest BCUT2D eigenvalue weighted by atomic mass is 35.5. The lowest BCUT2D eigenvalue weighted by molar-refractivity contribution is -0.115. The Kier molecular flexibility index (Phi) is 9.54. The van der Waals surface area contributed by atoms with E-state index in [4.69, 9.17) is 0 Å². The predicted octanol–water partition coefficient (Wildman–Crippen LogP) is 3.27. The summed E-state index contributed by atoms with van der Waals surface area (Å²) in [5.74, 6) is -0.0132. The minimum atomic E-state index is -0.0132. The van der Waals surface area contributed by atoms with Gasteiger partial charge in [-0.1, -0.05) is 18.2 Å². The maximum atomic E-state index is 12.2.